The van der Waals surface area contributed by atoms with Gasteiger partial charge >= 0.3 is 0 Å². The molecule has 0 fully saturated rings. The number of hydrogen-bond donors (Lipinski definition) is 0. The van der Waals surface area contributed by atoms with Gasteiger partial charge in [0.25, 0.3) is 0 Å². The first-order valence-electron chi connectivity index (χ1n) is 22.3. The summed E-state index contributed by atoms with van der Waals surface area (Å²) in [5.41, 5.74) is 12.0. The summed E-state index contributed by atoms with van der Waals surface area (Å²) >= 11 is 0. The molecule has 0 N–H and O–H groups in total. The molecule has 0 spiro atoms. The molecule has 0 heterocycles. The molecule has 10 aromatic carbocycles. The van der Waals surface area contributed by atoms with Crippen molar-refractivity contribution in [3.05, 3.63) is 266 Å². The summed E-state index contributed by atoms with van der Waals surface area (Å²) < 4.78 is 0. The van der Waals surface area contributed by atoms with E-state index in [-0.39, 0.29) is 5.41 Å². The standard InChI is InChI=1S/C61H48N2Si/c1-61(2)57-34-18-17-33-56(57)60-58(61)35-20-36-59(60)63(48-25-9-4-10-26-48)50-27-19-32-55(44-50)64(52-28-11-5-12-29-52,53-30-13-6-14-31-53)54-41-39-49(40-42-54)62(47-23-7-3-8-24-47)51-38-37-45-21-15-16-22-46(45)43-51/h3-44H,1-2H3. The molecule has 64 heavy (non-hydrogen) atoms. The van der Waals surface area contributed by atoms with Crippen LogP contribution in [-0.4, -0.2) is 8.07 Å². The summed E-state index contributed by atoms with van der Waals surface area (Å²) in [6.07, 6.45) is 0. The maximum atomic E-state index is 2.49. The smallest absolute Gasteiger partial charge is 0.179 e. The molecule has 1 aliphatic rings. The van der Waals surface area contributed by atoms with E-state index in [1.807, 2.05) is 0 Å². The molecule has 0 aliphatic heterocycles. The normalized spacial score (nSPS) is 12.7. The predicted molar refractivity (Wildman–Crippen MR) is 274 cm³/mol. The van der Waals surface area contributed by atoms with Gasteiger partial charge in [-0.25, -0.2) is 0 Å². The Bertz CT molecular complexity index is 3200. The topological polar surface area (TPSA) is 6.48 Å². The zero-order chi connectivity index (χ0) is 43.1. The lowest BCUT2D eigenvalue weighted by atomic mass is 9.82. The van der Waals surface area contributed by atoms with Gasteiger partial charge in [-0.2, -0.15) is 0 Å². The van der Waals surface area contributed by atoms with E-state index in [9.17, 15) is 0 Å². The van der Waals surface area contributed by atoms with Crippen LogP contribution in [0.2, 0.25) is 0 Å². The molecule has 0 aromatic heterocycles. The SMILES string of the molecule is CC1(C)c2ccccc2-c2c(N(c3ccccc3)c3cccc([Si](c4ccccc4)(c4ccccc4)c4ccc(N(c5ccccc5)c5ccc6ccccc6c5)cc4)c3)cccc21. The van der Waals surface area contributed by atoms with Crippen LogP contribution in [0.15, 0.2) is 255 Å². The highest BCUT2D eigenvalue weighted by Crippen LogP contribution is 2.54. The third-order valence-corrected chi connectivity index (χ3v) is 18.1. The van der Waals surface area contributed by atoms with Gasteiger partial charge in [0, 0.05) is 39.4 Å². The lowest BCUT2D eigenvalue weighted by Gasteiger charge is -2.36. The Morgan fingerprint density at radius 3 is 1.44 bits per heavy atom. The Balaban J connectivity index is 1.12. The molecule has 0 radical (unpaired) electrons. The highest BCUT2D eigenvalue weighted by molar-refractivity contribution is 7.20. The van der Waals surface area contributed by atoms with Gasteiger partial charge in [-0.05, 0) is 115 Å². The van der Waals surface area contributed by atoms with Crippen LogP contribution >= 0.6 is 0 Å². The average molecular weight is 837 g/mol. The number of para-hydroxylation sites is 2. The van der Waals surface area contributed by atoms with Crippen LogP contribution in [-0.2, 0) is 5.41 Å². The molecule has 11 rings (SSSR count). The fraction of sp³-hybridized carbons (Fsp3) is 0.0492. The van der Waals surface area contributed by atoms with Crippen LogP contribution in [0.5, 0.6) is 0 Å². The van der Waals surface area contributed by atoms with Gasteiger partial charge in [0.15, 0.2) is 8.07 Å². The Morgan fingerprint density at radius 2 is 0.766 bits per heavy atom. The van der Waals surface area contributed by atoms with E-state index >= 15 is 0 Å². The Kier molecular flexibility index (Phi) is 9.91. The zero-order valence-corrected chi connectivity index (χ0v) is 37.1. The monoisotopic (exact) mass is 836 g/mol. The van der Waals surface area contributed by atoms with Crippen molar-refractivity contribution in [2.24, 2.45) is 0 Å². The molecule has 0 atom stereocenters. The minimum absolute atomic E-state index is 0.120. The third-order valence-electron chi connectivity index (χ3n) is 13.4. The first kappa shape index (κ1) is 39.1. The van der Waals surface area contributed by atoms with E-state index in [0.717, 1.165) is 28.4 Å². The van der Waals surface area contributed by atoms with Crippen LogP contribution in [0, 0.1) is 0 Å². The first-order chi connectivity index (χ1) is 31.5. The molecule has 0 saturated carbocycles. The second-order valence-electron chi connectivity index (χ2n) is 17.3. The molecule has 10 aromatic rings. The fourth-order valence-corrected chi connectivity index (χ4v) is 15.1. The fourth-order valence-electron chi connectivity index (χ4n) is 10.4. The van der Waals surface area contributed by atoms with Gasteiger partial charge in [0.05, 0.1) is 5.69 Å². The molecule has 2 nitrogen and oxygen atoms in total. The number of nitrogens with zero attached hydrogens (tertiary/aromatic N) is 2. The van der Waals surface area contributed by atoms with Crippen molar-refractivity contribution in [1.82, 2.24) is 0 Å². The summed E-state index contributed by atoms with van der Waals surface area (Å²) in [6, 6.07) is 94.2. The van der Waals surface area contributed by atoms with E-state index in [1.165, 1.54) is 59.5 Å². The van der Waals surface area contributed by atoms with Gasteiger partial charge in [0.2, 0.25) is 0 Å². The van der Waals surface area contributed by atoms with Crippen molar-refractivity contribution >= 4 is 73.7 Å². The van der Waals surface area contributed by atoms with E-state index in [2.05, 4.69) is 278 Å². The number of benzene rings is 10. The summed E-state index contributed by atoms with van der Waals surface area (Å²) in [7, 11) is -2.98. The molecule has 0 bridgehead atoms. The van der Waals surface area contributed by atoms with E-state index in [1.54, 1.807) is 0 Å². The van der Waals surface area contributed by atoms with Crippen molar-refractivity contribution in [2.45, 2.75) is 19.3 Å². The Morgan fingerprint density at radius 1 is 0.312 bits per heavy atom. The first-order valence-corrected chi connectivity index (χ1v) is 24.3. The Labute approximate surface area is 378 Å². The minimum atomic E-state index is -2.98. The number of anilines is 6. The van der Waals surface area contributed by atoms with E-state index < -0.39 is 8.07 Å². The summed E-state index contributed by atoms with van der Waals surface area (Å²) in [4.78, 5) is 4.86. The molecule has 0 saturated heterocycles. The van der Waals surface area contributed by atoms with E-state index in [0.29, 0.717) is 0 Å². The second kappa shape index (κ2) is 16.2. The number of hydrogen-bond acceptors (Lipinski definition) is 2. The molecular weight excluding hydrogens is 789 g/mol. The zero-order valence-electron chi connectivity index (χ0n) is 36.1. The summed E-state index contributed by atoms with van der Waals surface area (Å²) in [5, 5.41) is 7.76. The van der Waals surface area contributed by atoms with Crippen LogP contribution < -0.4 is 30.5 Å². The average Bonchev–Trinajstić information content (AvgIpc) is 3.60. The molecule has 1 aliphatic carbocycles. The minimum Gasteiger partial charge on any atom is -0.310 e. The van der Waals surface area contributed by atoms with Gasteiger partial charge < -0.3 is 9.80 Å². The van der Waals surface area contributed by atoms with Crippen molar-refractivity contribution in [3.63, 3.8) is 0 Å². The summed E-state index contributed by atoms with van der Waals surface area (Å²) in [6.45, 7) is 4.72. The molecule has 0 unspecified atom stereocenters. The highest BCUT2D eigenvalue weighted by Gasteiger charge is 2.42. The van der Waals surface area contributed by atoms with E-state index in [4.69, 9.17) is 0 Å². The maximum absolute atomic E-state index is 2.98. The molecule has 306 valence electrons. The lowest BCUT2D eigenvalue weighted by molar-refractivity contribution is 0.660. The van der Waals surface area contributed by atoms with Crippen molar-refractivity contribution in [3.8, 4) is 11.1 Å². The second-order valence-corrected chi connectivity index (χ2v) is 21.1. The third kappa shape index (κ3) is 6.56. The quantitative estimate of drug-likeness (QED) is 0.100. The predicted octanol–water partition coefficient (Wildman–Crippen LogP) is 13.5. The van der Waals surface area contributed by atoms with Crippen LogP contribution in [0.3, 0.4) is 0 Å². The van der Waals surface area contributed by atoms with Crippen molar-refractivity contribution < 1.29 is 0 Å². The van der Waals surface area contributed by atoms with Gasteiger partial charge in [-0.3, -0.25) is 0 Å². The van der Waals surface area contributed by atoms with Crippen molar-refractivity contribution in [2.75, 3.05) is 9.80 Å². The maximum Gasteiger partial charge on any atom is 0.179 e. The Hall–Kier alpha value is -7.72. The van der Waals surface area contributed by atoms with Gasteiger partial charge in [-0.1, -0.05) is 202 Å². The molecular formula is C61H48N2Si. The summed E-state index contributed by atoms with van der Waals surface area (Å²) in [5.74, 6) is 0. The molecule has 0 amide bonds. The highest BCUT2D eigenvalue weighted by atomic mass is 28.3. The van der Waals surface area contributed by atoms with Crippen molar-refractivity contribution in [1.29, 1.82) is 0 Å². The number of rotatable bonds is 10. The van der Waals surface area contributed by atoms with Crippen LogP contribution in [0.1, 0.15) is 25.0 Å². The number of fused-ring (bicyclic) bond motifs is 4. The largest absolute Gasteiger partial charge is 0.310 e. The van der Waals surface area contributed by atoms with Crippen LogP contribution in [0.4, 0.5) is 34.1 Å². The lowest BCUT2D eigenvalue weighted by Crippen LogP contribution is -2.74. The van der Waals surface area contributed by atoms with Gasteiger partial charge in [-0.15, -0.1) is 0 Å². The molecule has 3 heteroatoms. The van der Waals surface area contributed by atoms with Crippen LogP contribution in [0.25, 0.3) is 21.9 Å². The van der Waals surface area contributed by atoms with Gasteiger partial charge in [0.1, 0.15) is 0 Å².